The smallest absolute Gasteiger partial charge is 0.252 e. The van der Waals surface area contributed by atoms with E-state index in [1.165, 1.54) is 13.0 Å². The van der Waals surface area contributed by atoms with Crippen LogP contribution in [0.15, 0.2) is 59.4 Å². The zero-order valence-electron chi connectivity index (χ0n) is 15.6. The van der Waals surface area contributed by atoms with Gasteiger partial charge in [0.15, 0.2) is 0 Å². The minimum Gasteiger partial charge on any atom is -0.509 e. The lowest BCUT2D eigenvalue weighted by Gasteiger charge is -2.35. The molecule has 27 heavy (non-hydrogen) atoms. The molecule has 1 fully saturated rings. The van der Waals surface area contributed by atoms with Crippen molar-refractivity contribution >= 4 is 11.5 Å². The number of nitrogens with one attached hydrogen (secondary N) is 1. The first-order chi connectivity index (χ1) is 12.9. The standard InChI is InChI=1S/C22H24FNO3/c1-14-16(15-6-4-3-5-7-15)8-9-21(2,23)18(14)17-19(25)22(24-20(17)26)10-12-27-13-11-22/h3-9,18,25H,10-13H2,1-2H3,(H,24,26). The van der Waals surface area contributed by atoms with Gasteiger partial charge >= 0.3 is 0 Å². The molecule has 0 radical (unpaired) electrons. The summed E-state index contributed by atoms with van der Waals surface area (Å²) in [7, 11) is 0. The lowest BCUT2D eigenvalue weighted by atomic mass is 9.72. The van der Waals surface area contributed by atoms with Gasteiger partial charge in [0.2, 0.25) is 0 Å². The van der Waals surface area contributed by atoms with Crippen LogP contribution >= 0.6 is 0 Å². The summed E-state index contributed by atoms with van der Waals surface area (Å²) >= 11 is 0. The molecule has 4 nitrogen and oxygen atoms in total. The Hall–Kier alpha value is -2.40. The molecule has 1 aromatic carbocycles. The summed E-state index contributed by atoms with van der Waals surface area (Å²) in [5.74, 6) is -1.24. The molecule has 0 saturated carbocycles. The summed E-state index contributed by atoms with van der Waals surface area (Å²) in [6.07, 6.45) is 4.26. The van der Waals surface area contributed by atoms with Crippen molar-refractivity contribution in [1.29, 1.82) is 0 Å². The summed E-state index contributed by atoms with van der Waals surface area (Å²) in [5.41, 5.74) is 0.156. The molecule has 1 aliphatic carbocycles. The molecule has 2 aliphatic heterocycles. The summed E-state index contributed by atoms with van der Waals surface area (Å²) in [5, 5.41) is 13.9. The van der Waals surface area contributed by atoms with Gasteiger partial charge in [-0.3, -0.25) is 4.79 Å². The average molecular weight is 369 g/mol. The van der Waals surface area contributed by atoms with E-state index < -0.39 is 17.1 Å². The maximum atomic E-state index is 15.6. The monoisotopic (exact) mass is 369 g/mol. The van der Waals surface area contributed by atoms with E-state index in [4.69, 9.17) is 4.74 Å². The number of carbonyl (C=O) groups is 1. The van der Waals surface area contributed by atoms with Crippen LogP contribution in [0.25, 0.3) is 5.57 Å². The number of hydrogen-bond donors (Lipinski definition) is 2. The van der Waals surface area contributed by atoms with Crippen LogP contribution in [0.4, 0.5) is 4.39 Å². The van der Waals surface area contributed by atoms with Gasteiger partial charge in [0.25, 0.3) is 5.91 Å². The van der Waals surface area contributed by atoms with Gasteiger partial charge in [-0.1, -0.05) is 42.0 Å². The zero-order chi connectivity index (χ0) is 19.2. The van der Waals surface area contributed by atoms with Gasteiger partial charge in [-0.05, 0) is 31.1 Å². The highest BCUT2D eigenvalue weighted by molar-refractivity contribution is 6.00. The number of halogens is 1. The predicted molar refractivity (Wildman–Crippen MR) is 102 cm³/mol. The third kappa shape index (κ3) is 2.81. The van der Waals surface area contributed by atoms with Crippen LogP contribution in [0, 0.1) is 5.92 Å². The van der Waals surface area contributed by atoms with E-state index in [1.54, 1.807) is 6.08 Å². The van der Waals surface area contributed by atoms with Crippen LogP contribution in [-0.2, 0) is 9.53 Å². The molecule has 2 N–H and O–H groups in total. The fourth-order valence-electron chi connectivity index (χ4n) is 4.55. The van der Waals surface area contributed by atoms with E-state index in [-0.39, 0.29) is 17.2 Å². The van der Waals surface area contributed by atoms with Crippen molar-refractivity contribution in [3.05, 3.63) is 65.0 Å². The first-order valence-corrected chi connectivity index (χ1v) is 9.34. The first kappa shape index (κ1) is 18.0. The van der Waals surface area contributed by atoms with Crippen molar-refractivity contribution in [2.24, 2.45) is 5.92 Å². The van der Waals surface area contributed by atoms with Gasteiger partial charge in [0, 0.05) is 26.1 Å². The summed E-state index contributed by atoms with van der Waals surface area (Å²) in [4.78, 5) is 12.9. The third-order valence-electron chi connectivity index (χ3n) is 6.02. The topological polar surface area (TPSA) is 58.6 Å². The first-order valence-electron chi connectivity index (χ1n) is 9.34. The van der Waals surface area contributed by atoms with Crippen LogP contribution in [0.3, 0.4) is 0 Å². The van der Waals surface area contributed by atoms with Crippen molar-refractivity contribution in [2.45, 2.75) is 37.9 Å². The highest BCUT2D eigenvalue weighted by Crippen LogP contribution is 2.47. The van der Waals surface area contributed by atoms with Crippen molar-refractivity contribution in [2.75, 3.05) is 13.2 Å². The summed E-state index contributed by atoms with van der Waals surface area (Å²) in [6.45, 7) is 4.22. The van der Waals surface area contributed by atoms with E-state index >= 15 is 4.39 Å². The molecule has 5 heteroatoms. The molecular formula is C22H24FNO3. The SMILES string of the molecule is CC1=C(c2ccccc2)C=CC(C)(F)C1C1=C(O)C2(CCOCC2)NC1=O. The normalized spacial score (nSPS) is 30.2. The molecular weight excluding hydrogens is 345 g/mol. The van der Waals surface area contributed by atoms with Gasteiger partial charge in [0.1, 0.15) is 17.0 Å². The van der Waals surface area contributed by atoms with Gasteiger partial charge < -0.3 is 15.2 Å². The minimum atomic E-state index is -1.76. The van der Waals surface area contributed by atoms with Gasteiger partial charge in [-0.15, -0.1) is 0 Å². The maximum Gasteiger partial charge on any atom is 0.252 e. The molecule has 0 aromatic heterocycles. The maximum absolute atomic E-state index is 15.6. The average Bonchev–Trinajstić information content (AvgIpc) is 2.87. The number of hydrogen-bond acceptors (Lipinski definition) is 3. The molecule has 2 heterocycles. The molecule has 0 bridgehead atoms. The number of aliphatic hydroxyl groups excluding tert-OH is 1. The summed E-state index contributed by atoms with van der Waals surface area (Å²) in [6, 6.07) is 9.71. The Bertz CT molecular complexity index is 861. The Balaban J connectivity index is 1.84. The Labute approximate surface area is 158 Å². The van der Waals surface area contributed by atoms with E-state index in [9.17, 15) is 9.90 Å². The highest BCUT2D eigenvalue weighted by atomic mass is 19.1. The van der Waals surface area contributed by atoms with Gasteiger partial charge in [0.05, 0.1) is 11.5 Å². The lowest BCUT2D eigenvalue weighted by Crippen LogP contribution is -2.48. The number of alkyl halides is 1. The van der Waals surface area contributed by atoms with Gasteiger partial charge in [-0.25, -0.2) is 4.39 Å². The van der Waals surface area contributed by atoms with Gasteiger partial charge in [-0.2, -0.15) is 0 Å². The quantitative estimate of drug-likeness (QED) is 0.832. The molecule has 1 amide bonds. The second-order valence-electron chi connectivity index (χ2n) is 7.79. The molecule has 2 atom stereocenters. The number of allylic oxidation sites excluding steroid dienone is 4. The molecule has 1 aromatic rings. The Kier molecular flexibility index (Phi) is 4.22. The Morgan fingerprint density at radius 1 is 1.22 bits per heavy atom. The third-order valence-corrected chi connectivity index (χ3v) is 6.02. The van der Waals surface area contributed by atoms with Crippen molar-refractivity contribution < 1.29 is 19.0 Å². The number of ether oxygens (including phenoxy) is 1. The Morgan fingerprint density at radius 2 is 1.89 bits per heavy atom. The van der Waals surface area contributed by atoms with Crippen molar-refractivity contribution in [3.8, 4) is 0 Å². The van der Waals surface area contributed by atoms with Crippen LogP contribution in [0.5, 0.6) is 0 Å². The van der Waals surface area contributed by atoms with E-state index in [2.05, 4.69) is 5.32 Å². The molecule has 1 spiro atoms. The lowest BCUT2D eigenvalue weighted by molar-refractivity contribution is -0.119. The number of aliphatic hydroxyl groups is 1. The van der Waals surface area contributed by atoms with E-state index in [1.807, 2.05) is 37.3 Å². The number of amides is 1. The molecule has 3 aliphatic rings. The van der Waals surface area contributed by atoms with Crippen LogP contribution < -0.4 is 5.32 Å². The minimum absolute atomic E-state index is 0.0215. The molecule has 142 valence electrons. The molecule has 1 saturated heterocycles. The second kappa shape index (κ2) is 6.34. The van der Waals surface area contributed by atoms with Crippen molar-refractivity contribution in [3.63, 3.8) is 0 Å². The van der Waals surface area contributed by atoms with Crippen LogP contribution in [0.2, 0.25) is 0 Å². The molecule has 2 unspecified atom stereocenters. The van der Waals surface area contributed by atoms with E-state index in [0.29, 0.717) is 26.1 Å². The summed E-state index contributed by atoms with van der Waals surface area (Å²) < 4.78 is 20.9. The number of carbonyl (C=O) groups excluding carboxylic acids is 1. The zero-order valence-corrected chi connectivity index (χ0v) is 15.6. The number of benzene rings is 1. The van der Waals surface area contributed by atoms with E-state index in [0.717, 1.165) is 16.7 Å². The van der Waals surface area contributed by atoms with Crippen LogP contribution in [-0.4, -0.2) is 35.4 Å². The Morgan fingerprint density at radius 3 is 2.56 bits per heavy atom. The van der Waals surface area contributed by atoms with Crippen molar-refractivity contribution in [1.82, 2.24) is 5.32 Å². The second-order valence-corrected chi connectivity index (χ2v) is 7.79. The van der Waals surface area contributed by atoms with Crippen LogP contribution in [0.1, 0.15) is 32.3 Å². The fraction of sp³-hybridized carbons (Fsp3) is 0.409. The molecule has 4 rings (SSSR count). The largest absolute Gasteiger partial charge is 0.509 e. The fourth-order valence-corrected chi connectivity index (χ4v) is 4.55. The highest BCUT2D eigenvalue weighted by Gasteiger charge is 2.52. The number of rotatable bonds is 2. The predicted octanol–water partition coefficient (Wildman–Crippen LogP) is 3.87.